The molecule has 27 heavy (non-hydrogen) atoms. The fraction of sp³-hybridized carbons (Fsp3) is 0.364. The van der Waals surface area contributed by atoms with Crippen LogP contribution < -0.4 is 0 Å². The number of rotatable bonds is 5. The lowest BCUT2D eigenvalue weighted by molar-refractivity contribution is 0.132. The number of hydrogen-bond donors (Lipinski definition) is 0. The van der Waals surface area contributed by atoms with E-state index in [2.05, 4.69) is 31.2 Å². The van der Waals surface area contributed by atoms with Crippen molar-refractivity contribution in [1.82, 2.24) is 4.90 Å². The van der Waals surface area contributed by atoms with Gasteiger partial charge in [0.15, 0.2) is 4.87 Å². The minimum absolute atomic E-state index is 0.0674. The minimum Gasteiger partial charge on any atom is -0.450 e. The van der Waals surface area contributed by atoms with Crippen molar-refractivity contribution in [3.8, 4) is 0 Å². The van der Waals surface area contributed by atoms with Crippen molar-refractivity contribution >= 4 is 23.6 Å². The maximum Gasteiger partial charge on any atom is 0.411 e. The molecule has 1 saturated heterocycles. The van der Waals surface area contributed by atoms with E-state index in [-0.39, 0.29) is 18.2 Å². The second-order valence-corrected chi connectivity index (χ2v) is 8.20. The minimum atomic E-state index is -0.392. The Bertz CT molecular complexity index is 840. The molecule has 4 nitrogen and oxygen atoms in total. The normalized spacial score (nSPS) is 25.9. The molecule has 1 unspecified atom stereocenters. The van der Waals surface area contributed by atoms with Gasteiger partial charge in [-0.3, -0.25) is 9.89 Å². The Morgan fingerprint density at radius 1 is 1.22 bits per heavy atom. The summed E-state index contributed by atoms with van der Waals surface area (Å²) < 4.78 is 5.32. The van der Waals surface area contributed by atoms with Gasteiger partial charge < -0.3 is 4.74 Å². The largest absolute Gasteiger partial charge is 0.450 e. The molecule has 0 bridgehead atoms. The van der Waals surface area contributed by atoms with Gasteiger partial charge in [-0.2, -0.15) is 0 Å². The number of amides is 1. The second-order valence-electron chi connectivity index (χ2n) is 6.90. The van der Waals surface area contributed by atoms with Gasteiger partial charge in [0.1, 0.15) is 0 Å². The molecule has 0 radical (unpaired) electrons. The molecule has 4 rings (SSSR count). The molecular formula is C22H24N2O2S. The second kappa shape index (κ2) is 7.39. The van der Waals surface area contributed by atoms with E-state index >= 15 is 0 Å². The lowest BCUT2D eigenvalue weighted by Crippen LogP contribution is -2.29. The zero-order chi connectivity index (χ0) is 18.9. The molecule has 2 fully saturated rings. The first-order valence-corrected chi connectivity index (χ1v) is 10.3. The van der Waals surface area contributed by atoms with Crippen molar-refractivity contribution < 1.29 is 9.53 Å². The highest BCUT2D eigenvalue weighted by atomic mass is 32.2. The van der Waals surface area contributed by atoms with E-state index < -0.39 is 4.87 Å². The van der Waals surface area contributed by atoms with E-state index in [1.54, 1.807) is 11.8 Å². The van der Waals surface area contributed by atoms with Crippen molar-refractivity contribution in [3.63, 3.8) is 0 Å². The zero-order valence-electron chi connectivity index (χ0n) is 15.7. The maximum atomic E-state index is 12.6. The Labute approximate surface area is 164 Å². The average Bonchev–Trinajstić information content (AvgIpc) is 3.21. The number of piperidine rings is 1. The van der Waals surface area contributed by atoms with Crippen LogP contribution in [0.4, 0.5) is 4.79 Å². The Morgan fingerprint density at radius 2 is 1.89 bits per heavy atom. The molecule has 140 valence electrons. The Kier molecular flexibility index (Phi) is 4.96. The van der Waals surface area contributed by atoms with Crippen LogP contribution in [0.2, 0.25) is 0 Å². The number of carbonyl (C=O) groups excluding carboxylic acids is 1. The van der Waals surface area contributed by atoms with Crippen LogP contribution in [0.15, 0.2) is 70.6 Å². The van der Waals surface area contributed by atoms with Gasteiger partial charge in [-0.15, -0.1) is 0 Å². The number of aliphatic imine (C=N–C) groups is 1. The highest BCUT2D eigenvalue weighted by Crippen LogP contribution is 2.61. The van der Waals surface area contributed by atoms with Gasteiger partial charge in [-0.05, 0) is 44.4 Å². The molecule has 3 atom stereocenters. The van der Waals surface area contributed by atoms with E-state index in [0.717, 1.165) is 23.4 Å². The molecule has 2 aliphatic rings. The SMILES string of the molecule is CCOC(=O)N1C2CCC(=N[C@@H](C)c3ccccc3)[C@@]21Sc1ccccc1. The zero-order valence-corrected chi connectivity index (χ0v) is 16.5. The lowest BCUT2D eigenvalue weighted by atomic mass is 10.1. The topological polar surface area (TPSA) is 41.7 Å². The molecule has 1 saturated carbocycles. The highest BCUT2D eigenvalue weighted by molar-refractivity contribution is 8.01. The predicted molar refractivity (Wildman–Crippen MR) is 109 cm³/mol. The molecule has 1 aliphatic heterocycles. The molecule has 1 amide bonds. The van der Waals surface area contributed by atoms with Gasteiger partial charge in [0, 0.05) is 4.90 Å². The summed E-state index contributed by atoms with van der Waals surface area (Å²) in [6.45, 7) is 4.36. The number of fused-ring (bicyclic) bond motifs is 1. The third-order valence-electron chi connectivity index (χ3n) is 5.23. The van der Waals surface area contributed by atoms with Gasteiger partial charge >= 0.3 is 6.09 Å². The summed E-state index contributed by atoms with van der Waals surface area (Å²) in [5.41, 5.74) is 2.29. The average molecular weight is 381 g/mol. The quantitative estimate of drug-likeness (QED) is 0.660. The van der Waals surface area contributed by atoms with Gasteiger partial charge in [0.2, 0.25) is 0 Å². The standard InChI is InChI=1S/C22H24N2O2S/c1-3-26-21(25)24-20-15-14-19(23-16(2)17-10-6-4-7-11-17)22(20,24)27-18-12-8-5-9-13-18/h4-13,16,20H,3,14-15H2,1-2H3/t16-,20?,22+,24?/m0/s1. The number of ether oxygens (including phenoxy) is 1. The van der Waals surface area contributed by atoms with Crippen LogP contribution in [0.5, 0.6) is 0 Å². The van der Waals surface area contributed by atoms with E-state index in [9.17, 15) is 4.79 Å². The van der Waals surface area contributed by atoms with Crippen LogP contribution in [-0.2, 0) is 4.74 Å². The summed E-state index contributed by atoms with van der Waals surface area (Å²) >= 11 is 1.73. The van der Waals surface area contributed by atoms with Crippen LogP contribution in [0.25, 0.3) is 0 Å². The number of carbonyl (C=O) groups is 1. The summed E-state index contributed by atoms with van der Waals surface area (Å²) in [4.78, 5) is 20.3. The molecule has 2 aromatic carbocycles. The molecule has 2 aromatic rings. The number of benzene rings is 2. The van der Waals surface area contributed by atoms with Crippen molar-refractivity contribution in [2.75, 3.05) is 6.61 Å². The number of thioether (sulfide) groups is 1. The van der Waals surface area contributed by atoms with Crippen LogP contribution in [0.1, 0.15) is 38.3 Å². The lowest BCUT2D eigenvalue weighted by Gasteiger charge is -2.20. The van der Waals surface area contributed by atoms with Gasteiger partial charge in [0.25, 0.3) is 0 Å². The van der Waals surface area contributed by atoms with E-state index in [4.69, 9.17) is 9.73 Å². The number of nitrogens with zero attached hydrogens (tertiary/aromatic N) is 2. The summed E-state index contributed by atoms with van der Waals surface area (Å²) in [7, 11) is 0. The number of hydrogen-bond acceptors (Lipinski definition) is 4. The first-order chi connectivity index (χ1) is 13.2. The van der Waals surface area contributed by atoms with Gasteiger partial charge in [-0.25, -0.2) is 4.79 Å². The molecule has 0 N–H and O–H groups in total. The van der Waals surface area contributed by atoms with Crippen LogP contribution in [-0.4, -0.2) is 34.2 Å². The summed E-state index contributed by atoms with van der Waals surface area (Å²) in [6.07, 6.45) is 1.64. The third kappa shape index (κ3) is 3.25. The van der Waals surface area contributed by atoms with Gasteiger partial charge in [-0.1, -0.05) is 60.3 Å². The monoisotopic (exact) mass is 380 g/mol. The van der Waals surface area contributed by atoms with E-state index in [0.29, 0.717) is 6.61 Å². The molecule has 5 heteroatoms. The van der Waals surface area contributed by atoms with Crippen molar-refractivity contribution in [2.24, 2.45) is 4.99 Å². The third-order valence-corrected chi connectivity index (χ3v) is 6.76. The Hall–Kier alpha value is -2.27. The molecule has 0 aromatic heterocycles. The molecule has 0 spiro atoms. The van der Waals surface area contributed by atoms with E-state index in [1.165, 1.54) is 5.56 Å². The van der Waals surface area contributed by atoms with Crippen LogP contribution in [0.3, 0.4) is 0 Å². The number of likely N-dealkylation sites (tertiary alicyclic amines) is 1. The first kappa shape index (κ1) is 18.1. The van der Waals surface area contributed by atoms with E-state index in [1.807, 2.05) is 48.2 Å². The fourth-order valence-corrected chi connectivity index (χ4v) is 5.46. The summed E-state index contributed by atoms with van der Waals surface area (Å²) in [5.74, 6) is 0. The fourth-order valence-electron chi connectivity index (χ4n) is 3.93. The smallest absolute Gasteiger partial charge is 0.411 e. The maximum absolute atomic E-state index is 12.6. The van der Waals surface area contributed by atoms with Crippen molar-refractivity contribution in [2.45, 2.75) is 48.5 Å². The first-order valence-electron chi connectivity index (χ1n) is 9.49. The van der Waals surface area contributed by atoms with Crippen LogP contribution in [0, 0.1) is 0 Å². The van der Waals surface area contributed by atoms with Crippen LogP contribution >= 0.6 is 11.8 Å². The molecule has 1 heterocycles. The predicted octanol–water partition coefficient (Wildman–Crippen LogP) is 5.31. The van der Waals surface area contributed by atoms with Crippen molar-refractivity contribution in [1.29, 1.82) is 0 Å². The highest BCUT2D eigenvalue weighted by Gasteiger charge is 2.72. The van der Waals surface area contributed by atoms with Crippen molar-refractivity contribution in [3.05, 3.63) is 66.2 Å². The Balaban J connectivity index is 1.66. The summed E-state index contributed by atoms with van der Waals surface area (Å²) in [6, 6.07) is 20.8. The molecular weight excluding hydrogens is 356 g/mol. The Morgan fingerprint density at radius 3 is 2.56 bits per heavy atom. The van der Waals surface area contributed by atoms with Gasteiger partial charge in [0.05, 0.1) is 24.4 Å². The molecule has 1 aliphatic carbocycles. The summed E-state index contributed by atoms with van der Waals surface area (Å²) in [5, 5.41) is 0.